The smallest absolute Gasteiger partial charge is 0.127 e. The summed E-state index contributed by atoms with van der Waals surface area (Å²) in [5, 5.41) is 0. The first-order valence-corrected chi connectivity index (χ1v) is 6.38. The van der Waals surface area contributed by atoms with Crippen molar-refractivity contribution < 1.29 is 4.74 Å². The Balaban J connectivity index is 3.36. The number of aryl methyl sites for hydroxylation is 1. The summed E-state index contributed by atoms with van der Waals surface area (Å²) in [6, 6.07) is 4.39. The van der Waals surface area contributed by atoms with Gasteiger partial charge in [-0.2, -0.15) is 0 Å². The van der Waals surface area contributed by atoms with Gasteiger partial charge in [0.15, 0.2) is 0 Å². The first-order chi connectivity index (χ1) is 8.40. The Morgan fingerprint density at radius 2 is 1.83 bits per heavy atom. The Bertz CT molecular complexity index is 436. The molecule has 1 nitrogen and oxygen atoms in total. The van der Waals surface area contributed by atoms with E-state index >= 15 is 0 Å². The summed E-state index contributed by atoms with van der Waals surface area (Å²) < 4.78 is 5.89. The summed E-state index contributed by atoms with van der Waals surface area (Å²) in [7, 11) is 0. The Hall–Kier alpha value is -1.50. The normalized spacial score (nSPS) is 11.1. The number of allylic oxidation sites excluding steroid dienone is 1. The van der Waals surface area contributed by atoms with Crippen LogP contribution in [0.5, 0.6) is 5.75 Å². The standard InChI is InChI=1S/C17H24O/c1-7-9-14-11-13(3)12-15(17(4,5)6)16(14)18-10-8-2/h7-8,11-12H,1-2,9-10H2,3-6H3. The Kier molecular flexibility index (Phi) is 4.77. The van der Waals surface area contributed by atoms with Gasteiger partial charge in [-0.05, 0) is 24.3 Å². The molecule has 0 N–H and O–H groups in total. The fraction of sp³-hybridized carbons (Fsp3) is 0.412. The van der Waals surface area contributed by atoms with Gasteiger partial charge in [0.2, 0.25) is 0 Å². The first kappa shape index (κ1) is 14.6. The lowest BCUT2D eigenvalue weighted by atomic mass is 9.83. The van der Waals surface area contributed by atoms with E-state index in [9.17, 15) is 0 Å². The van der Waals surface area contributed by atoms with Crippen LogP contribution < -0.4 is 4.74 Å². The average molecular weight is 244 g/mol. The molecule has 0 unspecified atom stereocenters. The second-order valence-corrected chi connectivity index (χ2v) is 5.64. The molecule has 0 saturated heterocycles. The van der Waals surface area contributed by atoms with Gasteiger partial charge >= 0.3 is 0 Å². The van der Waals surface area contributed by atoms with E-state index < -0.39 is 0 Å². The van der Waals surface area contributed by atoms with Gasteiger partial charge in [0.1, 0.15) is 12.4 Å². The maximum Gasteiger partial charge on any atom is 0.127 e. The van der Waals surface area contributed by atoms with Gasteiger partial charge < -0.3 is 4.74 Å². The molecule has 0 aliphatic rings. The molecule has 0 amide bonds. The lowest BCUT2D eigenvalue weighted by molar-refractivity contribution is 0.347. The summed E-state index contributed by atoms with van der Waals surface area (Å²) >= 11 is 0. The molecule has 18 heavy (non-hydrogen) atoms. The van der Waals surface area contributed by atoms with Gasteiger partial charge in [-0.25, -0.2) is 0 Å². The zero-order valence-electron chi connectivity index (χ0n) is 12.0. The van der Waals surface area contributed by atoms with Crippen LogP contribution in [0.15, 0.2) is 37.4 Å². The minimum Gasteiger partial charge on any atom is -0.489 e. The molecule has 0 aromatic heterocycles. The van der Waals surface area contributed by atoms with Crippen molar-refractivity contribution in [2.75, 3.05) is 6.61 Å². The Morgan fingerprint density at radius 3 is 2.33 bits per heavy atom. The average Bonchev–Trinajstić information content (AvgIpc) is 2.26. The van der Waals surface area contributed by atoms with Crippen molar-refractivity contribution in [1.29, 1.82) is 0 Å². The summed E-state index contributed by atoms with van der Waals surface area (Å²) in [5.74, 6) is 0.993. The highest BCUT2D eigenvalue weighted by Crippen LogP contribution is 2.35. The van der Waals surface area contributed by atoms with E-state index in [-0.39, 0.29) is 5.41 Å². The summed E-state index contributed by atoms with van der Waals surface area (Å²) in [6.07, 6.45) is 4.53. The number of rotatable bonds is 5. The topological polar surface area (TPSA) is 9.23 Å². The van der Waals surface area contributed by atoms with E-state index in [0.29, 0.717) is 6.61 Å². The van der Waals surface area contributed by atoms with Crippen LogP contribution in [0.4, 0.5) is 0 Å². The van der Waals surface area contributed by atoms with Crippen molar-refractivity contribution in [3.05, 3.63) is 54.1 Å². The van der Waals surface area contributed by atoms with E-state index in [1.165, 1.54) is 16.7 Å². The number of ether oxygens (including phenoxy) is 1. The van der Waals surface area contributed by atoms with E-state index in [2.05, 4.69) is 53.0 Å². The zero-order valence-corrected chi connectivity index (χ0v) is 12.0. The summed E-state index contributed by atoms with van der Waals surface area (Å²) in [5.41, 5.74) is 3.79. The van der Waals surface area contributed by atoms with Crippen molar-refractivity contribution >= 4 is 0 Å². The SMILES string of the molecule is C=CCOc1c(CC=C)cc(C)cc1C(C)(C)C. The summed E-state index contributed by atoms with van der Waals surface area (Å²) in [4.78, 5) is 0. The van der Waals surface area contributed by atoms with Gasteiger partial charge in [0.25, 0.3) is 0 Å². The van der Waals surface area contributed by atoms with Crippen molar-refractivity contribution in [3.63, 3.8) is 0 Å². The third-order valence-corrected chi connectivity index (χ3v) is 2.83. The minimum atomic E-state index is 0.0679. The van der Waals surface area contributed by atoms with Gasteiger partial charge in [0.05, 0.1) is 0 Å². The molecular weight excluding hydrogens is 220 g/mol. The molecule has 0 fully saturated rings. The van der Waals surface area contributed by atoms with Crippen molar-refractivity contribution in [2.45, 2.75) is 39.5 Å². The molecule has 1 aromatic carbocycles. The minimum absolute atomic E-state index is 0.0679. The molecule has 0 spiro atoms. The van der Waals surface area contributed by atoms with Crippen LogP contribution in [-0.2, 0) is 11.8 Å². The second-order valence-electron chi connectivity index (χ2n) is 5.64. The molecule has 1 heteroatoms. The molecule has 0 radical (unpaired) electrons. The van der Waals surface area contributed by atoms with Crippen LogP contribution in [0.3, 0.4) is 0 Å². The molecule has 0 bridgehead atoms. The van der Waals surface area contributed by atoms with Gasteiger partial charge in [-0.15, -0.1) is 6.58 Å². The van der Waals surface area contributed by atoms with E-state index in [1.54, 1.807) is 6.08 Å². The van der Waals surface area contributed by atoms with Gasteiger partial charge in [-0.1, -0.05) is 57.2 Å². The molecule has 1 rings (SSSR count). The van der Waals surface area contributed by atoms with Crippen LogP contribution in [-0.4, -0.2) is 6.61 Å². The van der Waals surface area contributed by atoms with Crippen molar-refractivity contribution in [3.8, 4) is 5.75 Å². The maximum absolute atomic E-state index is 5.89. The van der Waals surface area contributed by atoms with Crippen molar-refractivity contribution in [2.24, 2.45) is 0 Å². The first-order valence-electron chi connectivity index (χ1n) is 6.38. The predicted octanol–water partition coefficient (Wildman–Crippen LogP) is 4.59. The third-order valence-electron chi connectivity index (χ3n) is 2.83. The third kappa shape index (κ3) is 3.49. The molecule has 98 valence electrons. The lowest BCUT2D eigenvalue weighted by Crippen LogP contribution is -2.15. The highest BCUT2D eigenvalue weighted by atomic mass is 16.5. The summed E-state index contributed by atoms with van der Waals surface area (Å²) in [6.45, 7) is 16.8. The zero-order chi connectivity index (χ0) is 13.8. The second kappa shape index (κ2) is 5.90. The van der Waals surface area contributed by atoms with Crippen LogP contribution >= 0.6 is 0 Å². The number of benzene rings is 1. The molecule has 1 aromatic rings. The van der Waals surface area contributed by atoms with Crippen LogP contribution in [0.25, 0.3) is 0 Å². The van der Waals surface area contributed by atoms with Crippen LogP contribution in [0.1, 0.15) is 37.5 Å². The Morgan fingerprint density at radius 1 is 1.17 bits per heavy atom. The molecule has 0 aliphatic heterocycles. The van der Waals surface area contributed by atoms with E-state index in [1.807, 2.05) is 6.08 Å². The van der Waals surface area contributed by atoms with Gasteiger partial charge in [-0.3, -0.25) is 0 Å². The quantitative estimate of drug-likeness (QED) is 0.689. The Labute approximate surface area is 111 Å². The van der Waals surface area contributed by atoms with Gasteiger partial charge in [0, 0.05) is 5.56 Å². The molecule has 0 saturated carbocycles. The van der Waals surface area contributed by atoms with E-state index in [4.69, 9.17) is 4.74 Å². The largest absolute Gasteiger partial charge is 0.489 e. The monoisotopic (exact) mass is 244 g/mol. The predicted molar refractivity (Wildman–Crippen MR) is 79.5 cm³/mol. The molecular formula is C17H24O. The number of hydrogen-bond acceptors (Lipinski definition) is 1. The lowest BCUT2D eigenvalue weighted by Gasteiger charge is -2.25. The number of hydrogen-bond donors (Lipinski definition) is 0. The van der Waals surface area contributed by atoms with Crippen LogP contribution in [0.2, 0.25) is 0 Å². The van der Waals surface area contributed by atoms with E-state index in [0.717, 1.165) is 12.2 Å². The fourth-order valence-corrected chi connectivity index (χ4v) is 2.03. The van der Waals surface area contributed by atoms with Crippen molar-refractivity contribution in [1.82, 2.24) is 0 Å². The molecule has 0 heterocycles. The molecule has 0 atom stereocenters. The van der Waals surface area contributed by atoms with Crippen LogP contribution in [0, 0.1) is 6.92 Å². The highest BCUT2D eigenvalue weighted by molar-refractivity contribution is 5.48. The molecule has 0 aliphatic carbocycles. The highest BCUT2D eigenvalue weighted by Gasteiger charge is 2.21. The fourth-order valence-electron chi connectivity index (χ4n) is 2.03. The maximum atomic E-state index is 5.89.